The summed E-state index contributed by atoms with van der Waals surface area (Å²) in [5.41, 5.74) is 2.17. The first-order chi connectivity index (χ1) is 12.8. The van der Waals surface area contributed by atoms with Crippen LogP contribution in [-0.4, -0.2) is 13.4 Å². The van der Waals surface area contributed by atoms with Crippen LogP contribution in [0, 0.1) is 11.6 Å². The Kier molecular flexibility index (Phi) is 5.41. The molecule has 1 atom stereocenters. The molecule has 1 aromatic heterocycles. The molecule has 3 N–H and O–H groups in total. The van der Waals surface area contributed by atoms with E-state index in [-0.39, 0.29) is 21.8 Å². The summed E-state index contributed by atoms with van der Waals surface area (Å²) in [6.07, 6.45) is 1.33. The lowest BCUT2D eigenvalue weighted by Gasteiger charge is -2.20. The van der Waals surface area contributed by atoms with Crippen molar-refractivity contribution in [3.8, 4) is 0 Å². The van der Waals surface area contributed by atoms with E-state index in [1.165, 1.54) is 42.6 Å². The van der Waals surface area contributed by atoms with Gasteiger partial charge < -0.3 is 5.43 Å². The Morgan fingerprint density at radius 2 is 1.74 bits per heavy atom. The monoisotopic (exact) mass is 409 g/mol. The minimum Gasteiger partial charge on any atom is -0.308 e. The van der Waals surface area contributed by atoms with Gasteiger partial charge in [-0.2, -0.15) is 0 Å². The fraction of sp³-hybridized carbons (Fsp3) is 0.0556. The van der Waals surface area contributed by atoms with Crippen LogP contribution in [0.5, 0.6) is 0 Å². The van der Waals surface area contributed by atoms with Gasteiger partial charge >= 0.3 is 0 Å². The van der Waals surface area contributed by atoms with Crippen molar-refractivity contribution in [3.63, 3.8) is 0 Å². The number of halogens is 3. The predicted molar refractivity (Wildman–Crippen MR) is 98.9 cm³/mol. The van der Waals surface area contributed by atoms with Gasteiger partial charge in [-0.1, -0.05) is 11.6 Å². The van der Waals surface area contributed by atoms with Gasteiger partial charge in [0, 0.05) is 16.8 Å². The van der Waals surface area contributed by atoms with Gasteiger partial charge in [0.1, 0.15) is 22.7 Å². The molecule has 27 heavy (non-hydrogen) atoms. The van der Waals surface area contributed by atoms with Crippen molar-refractivity contribution in [1.29, 1.82) is 0 Å². The van der Waals surface area contributed by atoms with Crippen LogP contribution in [0.1, 0.15) is 16.4 Å². The molecule has 0 aliphatic heterocycles. The highest BCUT2D eigenvalue weighted by molar-refractivity contribution is 7.91. The number of anilines is 1. The van der Waals surface area contributed by atoms with Crippen molar-refractivity contribution in [1.82, 2.24) is 4.98 Å². The van der Waals surface area contributed by atoms with Crippen LogP contribution in [0.15, 0.2) is 65.7 Å². The topological polar surface area (TPSA) is 85.1 Å². The molecule has 0 aliphatic rings. The molecule has 0 amide bonds. The Morgan fingerprint density at radius 3 is 2.41 bits per heavy atom. The van der Waals surface area contributed by atoms with E-state index in [1.807, 2.05) is 0 Å². The number of aromatic nitrogens is 1. The molecule has 0 spiro atoms. The Balaban J connectivity index is 2.26. The predicted octanol–water partition coefficient (Wildman–Crippen LogP) is 3.86. The van der Waals surface area contributed by atoms with E-state index < -0.39 is 26.7 Å². The summed E-state index contributed by atoms with van der Waals surface area (Å²) in [5.74, 6) is 3.91. The highest BCUT2D eigenvalue weighted by Crippen LogP contribution is 2.37. The van der Waals surface area contributed by atoms with E-state index in [0.29, 0.717) is 5.02 Å². The lowest BCUT2D eigenvalue weighted by Crippen LogP contribution is -2.18. The van der Waals surface area contributed by atoms with Crippen LogP contribution >= 0.6 is 11.6 Å². The fourth-order valence-corrected chi connectivity index (χ4v) is 4.62. The number of hydrogen-bond donors (Lipinski definition) is 2. The SMILES string of the molecule is NNc1cc(C(c2cc(F)ccc2F)S(=O)(=O)c2ccc(Cl)cc2)ccn1. The molecule has 0 aliphatic carbocycles. The molecule has 3 aromatic rings. The number of nitrogens with one attached hydrogen (secondary N) is 1. The molecule has 0 saturated carbocycles. The lowest BCUT2D eigenvalue weighted by atomic mass is 10.0. The number of nitrogen functional groups attached to an aromatic ring is 1. The van der Waals surface area contributed by atoms with Crippen molar-refractivity contribution in [3.05, 3.63) is 88.6 Å². The molecule has 3 rings (SSSR count). The molecule has 0 radical (unpaired) electrons. The fourth-order valence-electron chi connectivity index (χ4n) is 2.69. The summed E-state index contributed by atoms with van der Waals surface area (Å²) in [4.78, 5) is 3.84. The van der Waals surface area contributed by atoms with E-state index in [0.717, 1.165) is 18.2 Å². The molecular formula is C18H14ClF2N3O2S. The molecule has 9 heteroatoms. The van der Waals surface area contributed by atoms with E-state index >= 15 is 0 Å². The van der Waals surface area contributed by atoms with Gasteiger partial charge in [0.05, 0.1) is 4.90 Å². The number of rotatable bonds is 5. The molecule has 5 nitrogen and oxygen atoms in total. The molecule has 1 unspecified atom stereocenters. The average Bonchev–Trinajstić information content (AvgIpc) is 2.65. The number of nitrogens with two attached hydrogens (primary N) is 1. The largest absolute Gasteiger partial charge is 0.308 e. The minimum absolute atomic E-state index is 0.0837. The van der Waals surface area contributed by atoms with Crippen LogP contribution in [0.25, 0.3) is 0 Å². The normalized spacial score (nSPS) is 12.6. The van der Waals surface area contributed by atoms with Gasteiger partial charge in [0.2, 0.25) is 0 Å². The van der Waals surface area contributed by atoms with Gasteiger partial charge in [-0.05, 0) is 60.2 Å². The van der Waals surface area contributed by atoms with E-state index in [1.54, 1.807) is 0 Å². The smallest absolute Gasteiger partial charge is 0.189 e. The third kappa shape index (κ3) is 3.92. The molecule has 2 aromatic carbocycles. The molecule has 140 valence electrons. The molecule has 0 fully saturated rings. The van der Waals surface area contributed by atoms with Gasteiger partial charge in [-0.3, -0.25) is 0 Å². The Labute approximate surface area is 159 Å². The number of nitrogens with zero attached hydrogens (tertiary/aromatic N) is 1. The number of hydrogen-bond acceptors (Lipinski definition) is 5. The summed E-state index contributed by atoms with van der Waals surface area (Å²) in [5, 5.41) is -1.16. The number of hydrazine groups is 1. The maximum absolute atomic E-state index is 14.5. The summed E-state index contributed by atoms with van der Waals surface area (Å²) in [7, 11) is -4.15. The minimum atomic E-state index is -4.15. The quantitative estimate of drug-likeness (QED) is 0.493. The van der Waals surface area contributed by atoms with Crippen LogP contribution in [0.2, 0.25) is 5.02 Å². The first-order valence-corrected chi connectivity index (χ1v) is 9.62. The second-order valence-corrected chi connectivity index (χ2v) is 8.13. The highest BCUT2D eigenvalue weighted by atomic mass is 35.5. The van der Waals surface area contributed by atoms with Crippen molar-refractivity contribution in [2.75, 3.05) is 5.43 Å². The van der Waals surface area contributed by atoms with Crippen molar-refractivity contribution in [2.45, 2.75) is 10.1 Å². The van der Waals surface area contributed by atoms with Crippen LogP contribution in [-0.2, 0) is 9.84 Å². The van der Waals surface area contributed by atoms with E-state index in [2.05, 4.69) is 10.4 Å². The maximum Gasteiger partial charge on any atom is 0.189 e. The molecular weight excluding hydrogens is 396 g/mol. The Bertz CT molecular complexity index is 1080. The van der Waals surface area contributed by atoms with Gasteiger partial charge in [-0.25, -0.2) is 28.0 Å². The first kappa shape index (κ1) is 19.2. The van der Waals surface area contributed by atoms with Crippen molar-refractivity contribution < 1.29 is 17.2 Å². The summed E-state index contributed by atoms with van der Waals surface area (Å²) in [6.45, 7) is 0. The zero-order valence-corrected chi connectivity index (χ0v) is 15.3. The van der Waals surface area contributed by atoms with Crippen LogP contribution < -0.4 is 11.3 Å². The Hall–Kier alpha value is -2.55. The number of sulfone groups is 1. The van der Waals surface area contributed by atoms with Crippen LogP contribution in [0.3, 0.4) is 0 Å². The highest BCUT2D eigenvalue weighted by Gasteiger charge is 2.33. The molecule has 0 bridgehead atoms. The maximum atomic E-state index is 14.5. The van der Waals surface area contributed by atoms with Crippen molar-refractivity contribution >= 4 is 27.3 Å². The third-order valence-electron chi connectivity index (χ3n) is 3.93. The zero-order valence-electron chi connectivity index (χ0n) is 13.7. The van der Waals surface area contributed by atoms with Gasteiger partial charge in [0.15, 0.2) is 9.84 Å². The summed E-state index contributed by atoms with van der Waals surface area (Å²) < 4.78 is 54.9. The average molecular weight is 410 g/mol. The van der Waals surface area contributed by atoms with Gasteiger partial charge in [-0.15, -0.1) is 0 Å². The van der Waals surface area contributed by atoms with Gasteiger partial charge in [0.25, 0.3) is 0 Å². The summed E-state index contributed by atoms with van der Waals surface area (Å²) >= 11 is 5.83. The third-order valence-corrected chi connectivity index (χ3v) is 6.26. The zero-order chi connectivity index (χ0) is 19.6. The van der Waals surface area contributed by atoms with Crippen molar-refractivity contribution in [2.24, 2.45) is 5.84 Å². The molecule has 1 heterocycles. The second-order valence-electron chi connectivity index (χ2n) is 5.66. The Morgan fingerprint density at radius 1 is 1.04 bits per heavy atom. The number of pyridine rings is 1. The number of benzene rings is 2. The standard InChI is InChI=1S/C18H14ClF2N3O2S/c19-12-1-4-14(5-2-12)27(25,26)18(11-7-8-23-17(9-11)24-22)15-10-13(20)3-6-16(15)21/h1-10,18H,22H2,(H,23,24). The van der Waals surface area contributed by atoms with E-state index in [4.69, 9.17) is 17.4 Å². The lowest BCUT2D eigenvalue weighted by molar-refractivity contribution is 0.569. The molecule has 0 saturated heterocycles. The van der Waals surface area contributed by atoms with Crippen LogP contribution in [0.4, 0.5) is 14.6 Å². The van der Waals surface area contributed by atoms with E-state index in [9.17, 15) is 17.2 Å². The summed E-state index contributed by atoms with van der Waals surface area (Å²) in [6, 6.07) is 10.9. The first-order valence-electron chi connectivity index (χ1n) is 7.70. The second kappa shape index (κ2) is 7.59.